The van der Waals surface area contributed by atoms with Crippen LogP contribution < -0.4 is 0 Å². The van der Waals surface area contributed by atoms with E-state index >= 15 is 0 Å². The lowest BCUT2D eigenvalue weighted by atomic mass is 9.87. The molecule has 26 heavy (non-hydrogen) atoms. The molecule has 1 saturated heterocycles. The Morgan fingerprint density at radius 3 is 2.19 bits per heavy atom. The molecule has 142 valence electrons. The highest BCUT2D eigenvalue weighted by Gasteiger charge is 2.27. The molecule has 1 aliphatic rings. The van der Waals surface area contributed by atoms with Gasteiger partial charge in [-0.2, -0.15) is 5.26 Å². The summed E-state index contributed by atoms with van der Waals surface area (Å²) in [5.74, 6) is 0.974. The highest BCUT2D eigenvalue weighted by atomic mass is 32.2. The summed E-state index contributed by atoms with van der Waals surface area (Å²) < 4.78 is 0. The Kier molecular flexibility index (Phi) is 7.14. The van der Waals surface area contributed by atoms with Crippen molar-refractivity contribution in [1.29, 1.82) is 5.26 Å². The predicted octanol–water partition coefficient (Wildman–Crippen LogP) is 3.77. The lowest BCUT2D eigenvalue weighted by Crippen LogP contribution is -2.53. The number of nitriles is 1. The standard InChI is InChI=1S/C21H31N3OS/c1-16(2)19(14-22)23-10-12-24(13-11-23)20(25)15-26-18-8-6-17(7-9-18)21(3,4)5/h6-9,16,19H,10-13,15H2,1-5H3. The number of nitrogens with zero attached hydrogens (tertiary/aromatic N) is 3. The SMILES string of the molecule is CC(C)C(C#N)N1CCN(C(=O)CSc2ccc(C(C)(C)C)cc2)CC1. The first-order chi connectivity index (χ1) is 12.2. The number of carbonyl (C=O) groups excluding carboxylic acids is 1. The monoisotopic (exact) mass is 373 g/mol. The third-order valence-corrected chi connectivity index (χ3v) is 5.90. The molecule has 1 aromatic carbocycles. The molecule has 0 saturated carbocycles. The van der Waals surface area contributed by atoms with E-state index in [0.717, 1.165) is 18.0 Å². The Morgan fingerprint density at radius 1 is 1.15 bits per heavy atom. The molecule has 0 aromatic heterocycles. The van der Waals surface area contributed by atoms with E-state index in [4.69, 9.17) is 0 Å². The minimum absolute atomic E-state index is 0.0528. The van der Waals surface area contributed by atoms with Crippen molar-refractivity contribution in [2.75, 3.05) is 31.9 Å². The average molecular weight is 374 g/mol. The molecule has 1 heterocycles. The van der Waals surface area contributed by atoms with Crippen molar-refractivity contribution < 1.29 is 4.79 Å². The van der Waals surface area contributed by atoms with Crippen LogP contribution in [0.25, 0.3) is 0 Å². The van der Waals surface area contributed by atoms with E-state index < -0.39 is 0 Å². The fourth-order valence-corrected chi connectivity index (χ4v) is 3.99. The number of piperazine rings is 1. The maximum absolute atomic E-state index is 12.5. The number of carbonyl (C=O) groups is 1. The topological polar surface area (TPSA) is 47.3 Å². The second-order valence-electron chi connectivity index (χ2n) is 8.30. The van der Waals surface area contributed by atoms with Crippen LogP contribution in [0.1, 0.15) is 40.2 Å². The maximum atomic E-state index is 12.5. The fourth-order valence-electron chi connectivity index (χ4n) is 3.19. The largest absolute Gasteiger partial charge is 0.339 e. The molecule has 1 aromatic rings. The van der Waals surface area contributed by atoms with Crippen LogP contribution in [0, 0.1) is 17.2 Å². The average Bonchev–Trinajstić information content (AvgIpc) is 2.60. The van der Waals surface area contributed by atoms with E-state index in [1.165, 1.54) is 5.56 Å². The van der Waals surface area contributed by atoms with Crippen molar-refractivity contribution in [3.8, 4) is 6.07 Å². The van der Waals surface area contributed by atoms with Gasteiger partial charge in [-0.1, -0.05) is 46.8 Å². The first kappa shape index (κ1) is 20.8. The summed E-state index contributed by atoms with van der Waals surface area (Å²) in [5.41, 5.74) is 1.46. The quantitative estimate of drug-likeness (QED) is 0.737. The molecular formula is C21H31N3OS. The number of amides is 1. The van der Waals surface area contributed by atoms with E-state index in [0.29, 0.717) is 24.8 Å². The van der Waals surface area contributed by atoms with Crippen LogP contribution in [-0.2, 0) is 10.2 Å². The zero-order chi connectivity index (χ0) is 19.3. The van der Waals surface area contributed by atoms with Gasteiger partial charge in [-0.05, 0) is 29.0 Å². The van der Waals surface area contributed by atoms with E-state index in [1.54, 1.807) is 11.8 Å². The van der Waals surface area contributed by atoms with Crippen molar-refractivity contribution in [1.82, 2.24) is 9.80 Å². The van der Waals surface area contributed by atoms with E-state index in [2.05, 4.69) is 69.9 Å². The molecule has 4 nitrogen and oxygen atoms in total. The normalized spacial score (nSPS) is 17.2. The number of hydrogen-bond acceptors (Lipinski definition) is 4. The van der Waals surface area contributed by atoms with Crippen molar-refractivity contribution >= 4 is 17.7 Å². The van der Waals surface area contributed by atoms with Gasteiger partial charge in [0.05, 0.1) is 11.8 Å². The highest BCUT2D eigenvalue weighted by Crippen LogP contribution is 2.26. The van der Waals surface area contributed by atoms with Gasteiger partial charge in [0.1, 0.15) is 6.04 Å². The van der Waals surface area contributed by atoms with Crippen molar-refractivity contribution in [3.05, 3.63) is 29.8 Å². The molecule has 1 unspecified atom stereocenters. The van der Waals surface area contributed by atoms with Gasteiger partial charge in [0.25, 0.3) is 0 Å². The van der Waals surface area contributed by atoms with Crippen LogP contribution in [0.5, 0.6) is 0 Å². The Bertz CT molecular complexity index is 635. The van der Waals surface area contributed by atoms with E-state index in [-0.39, 0.29) is 17.4 Å². The van der Waals surface area contributed by atoms with Gasteiger partial charge in [-0.3, -0.25) is 9.69 Å². The van der Waals surface area contributed by atoms with Crippen LogP contribution in [0.3, 0.4) is 0 Å². The van der Waals surface area contributed by atoms with Gasteiger partial charge in [-0.25, -0.2) is 0 Å². The minimum Gasteiger partial charge on any atom is -0.339 e. The van der Waals surface area contributed by atoms with E-state index in [1.807, 2.05) is 4.90 Å². The molecule has 5 heteroatoms. The molecule has 0 bridgehead atoms. The van der Waals surface area contributed by atoms with Gasteiger partial charge >= 0.3 is 0 Å². The third kappa shape index (κ3) is 5.49. The zero-order valence-corrected chi connectivity index (χ0v) is 17.5. The second-order valence-corrected chi connectivity index (χ2v) is 9.35. The summed E-state index contributed by atoms with van der Waals surface area (Å²) >= 11 is 1.60. The number of rotatable bonds is 5. The minimum atomic E-state index is -0.0528. The van der Waals surface area contributed by atoms with Gasteiger partial charge < -0.3 is 4.90 Å². The fraction of sp³-hybridized carbons (Fsp3) is 0.619. The molecule has 1 amide bonds. The van der Waals surface area contributed by atoms with Gasteiger partial charge in [0, 0.05) is 31.1 Å². The molecule has 0 spiro atoms. The van der Waals surface area contributed by atoms with Crippen molar-refractivity contribution in [2.24, 2.45) is 5.92 Å². The number of hydrogen-bond donors (Lipinski definition) is 0. The van der Waals surface area contributed by atoms with Crippen LogP contribution in [-0.4, -0.2) is 53.7 Å². The third-order valence-electron chi connectivity index (χ3n) is 4.91. The summed E-state index contributed by atoms with van der Waals surface area (Å²) in [6.45, 7) is 13.8. The van der Waals surface area contributed by atoms with Crippen LogP contribution in [0.4, 0.5) is 0 Å². The first-order valence-corrected chi connectivity index (χ1v) is 10.4. The number of benzene rings is 1. The number of thioether (sulfide) groups is 1. The molecule has 0 aliphatic carbocycles. The van der Waals surface area contributed by atoms with Crippen molar-refractivity contribution in [3.63, 3.8) is 0 Å². The smallest absolute Gasteiger partial charge is 0.233 e. The van der Waals surface area contributed by atoms with Crippen LogP contribution in [0.15, 0.2) is 29.2 Å². The summed E-state index contributed by atoms with van der Waals surface area (Å²) in [7, 11) is 0. The van der Waals surface area contributed by atoms with Gasteiger partial charge in [0.15, 0.2) is 0 Å². The molecule has 1 atom stereocenters. The Hall–Kier alpha value is -1.51. The summed E-state index contributed by atoms with van der Waals surface area (Å²) in [5, 5.41) is 9.33. The molecule has 2 rings (SSSR count). The lowest BCUT2D eigenvalue weighted by Gasteiger charge is -2.38. The molecule has 0 N–H and O–H groups in total. The van der Waals surface area contributed by atoms with Gasteiger partial charge in [0.2, 0.25) is 5.91 Å². The van der Waals surface area contributed by atoms with Crippen LogP contribution in [0.2, 0.25) is 0 Å². The molecular weight excluding hydrogens is 342 g/mol. The Balaban J connectivity index is 1.82. The Labute approximate surface area is 162 Å². The summed E-state index contributed by atoms with van der Waals surface area (Å²) in [6.07, 6.45) is 0. The predicted molar refractivity (Wildman–Crippen MR) is 108 cm³/mol. The zero-order valence-electron chi connectivity index (χ0n) is 16.7. The molecule has 1 fully saturated rings. The van der Waals surface area contributed by atoms with Crippen molar-refractivity contribution in [2.45, 2.75) is 51.0 Å². The molecule has 1 aliphatic heterocycles. The summed E-state index contributed by atoms with van der Waals surface area (Å²) in [4.78, 5) is 17.8. The van der Waals surface area contributed by atoms with Gasteiger partial charge in [-0.15, -0.1) is 11.8 Å². The first-order valence-electron chi connectivity index (χ1n) is 9.37. The molecule has 0 radical (unpaired) electrons. The lowest BCUT2D eigenvalue weighted by molar-refractivity contribution is -0.130. The van der Waals surface area contributed by atoms with Crippen LogP contribution >= 0.6 is 11.8 Å². The maximum Gasteiger partial charge on any atom is 0.233 e. The summed E-state index contributed by atoms with van der Waals surface area (Å²) in [6, 6.07) is 10.9. The van der Waals surface area contributed by atoms with E-state index in [9.17, 15) is 10.1 Å². The second kappa shape index (κ2) is 8.92. The highest BCUT2D eigenvalue weighted by molar-refractivity contribution is 8.00. The Morgan fingerprint density at radius 2 is 1.73 bits per heavy atom.